The maximum atomic E-state index is 9.77. The molecule has 1 atom stereocenters. The number of rotatable bonds is 5. The van der Waals surface area contributed by atoms with Crippen molar-refractivity contribution in [2.45, 2.75) is 32.5 Å². The van der Waals surface area contributed by atoms with Crippen LogP contribution >= 0.6 is 11.6 Å². The van der Waals surface area contributed by atoms with E-state index in [2.05, 4.69) is 0 Å². The van der Waals surface area contributed by atoms with Gasteiger partial charge in [-0.15, -0.1) is 0 Å². The van der Waals surface area contributed by atoms with Gasteiger partial charge in [0.05, 0.1) is 17.2 Å². The van der Waals surface area contributed by atoms with Gasteiger partial charge in [-0.2, -0.15) is 0 Å². The van der Waals surface area contributed by atoms with Crippen molar-refractivity contribution in [3.05, 3.63) is 28.8 Å². The highest BCUT2D eigenvalue weighted by Gasteiger charge is 2.19. The van der Waals surface area contributed by atoms with Gasteiger partial charge in [-0.05, 0) is 31.0 Å². The fraction of sp³-hybridized carbons (Fsp3) is 0.500. The zero-order valence-electron chi connectivity index (χ0n) is 9.53. The molecule has 0 aliphatic rings. The molecular formula is C12H17ClO3. The fourth-order valence-electron chi connectivity index (χ4n) is 1.10. The Morgan fingerprint density at radius 2 is 2.12 bits per heavy atom. The van der Waals surface area contributed by atoms with Gasteiger partial charge in [0, 0.05) is 0 Å². The Bertz CT molecular complexity index is 350. The van der Waals surface area contributed by atoms with E-state index in [9.17, 15) is 5.11 Å². The Labute approximate surface area is 101 Å². The maximum absolute atomic E-state index is 9.77. The standard InChI is InChI=1S/C12H17ClO3/c1-3-12(2,15)8-16-11-5-4-9(7-14)6-10(11)13/h4-6,14-15H,3,7-8H2,1-2H3. The molecule has 1 aromatic carbocycles. The van der Waals surface area contributed by atoms with Crippen LogP contribution in [0.1, 0.15) is 25.8 Å². The molecule has 2 N–H and O–H groups in total. The van der Waals surface area contributed by atoms with E-state index in [1.807, 2.05) is 6.92 Å². The molecule has 1 aromatic rings. The van der Waals surface area contributed by atoms with E-state index < -0.39 is 5.60 Å². The summed E-state index contributed by atoms with van der Waals surface area (Å²) in [4.78, 5) is 0. The third-order valence-electron chi connectivity index (χ3n) is 2.48. The Hall–Kier alpha value is -0.770. The lowest BCUT2D eigenvalue weighted by atomic mass is 10.1. The van der Waals surface area contributed by atoms with E-state index in [-0.39, 0.29) is 13.2 Å². The average molecular weight is 245 g/mol. The molecule has 0 fully saturated rings. The van der Waals surface area contributed by atoms with Gasteiger partial charge in [0.25, 0.3) is 0 Å². The van der Waals surface area contributed by atoms with Crippen molar-refractivity contribution < 1.29 is 14.9 Å². The quantitative estimate of drug-likeness (QED) is 0.836. The predicted molar refractivity (Wildman–Crippen MR) is 63.8 cm³/mol. The Balaban J connectivity index is 2.68. The molecule has 3 nitrogen and oxygen atoms in total. The minimum atomic E-state index is -0.848. The van der Waals surface area contributed by atoms with Crippen LogP contribution in [0, 0.1) is 0 Å². The molecule has 16 heavy (non-hydrogen) atoms. The zero-order valence-corrected chi connectivity index (χ0v) is 10.3. The second-order valence-corrected chi connectivity index (χ2v) is 4.47. The minimum Gasteiger partial charge on any atom is -0.489 e. The summed E-state index contributed by atoms with van der Waals surface area (Å²) >= 11 is 5.96. The van der Waals surface area contributed by atoms with Crippen LogP contribution in [0.4, 0.5) is 0 Å². The monoisotopic (exact) mass is 244 g/mol. The van der Waals surface area contributed by atoms with Crippen LogP contribution in [0.3, 0.4) is 0 Å². The summed E-state index contributed by atoms with van der Waals surface area (Å²) in [6, 6.07) is 5.08. The van der Waals surface area contributed by atoms with Crippen molar-refractivity contribution in [2.24, 2.45) is 0 Å². The van der Waals surface area contributed by atoms with Crippen LogP contribution in [0.15, 0.2) is 18.2 Å². The predicted octanol–water partition coefficient (Wildman–Crippen LogP) is 2.37. The van der Waals surface area contributed by atoms with Crippen molar-refractivity contribution >= 4 is 11.6 Å². The number of hydrogen-bond donors (Lipinski definition) is 2. The maximum Gasteiger partial charge on any atom is 0.138 e. The van der Waals surface area contributed by atoms with E-state index in [4.69, 9.17) is 21.4 Å². The van der Waals surface area contributed by atoms with E-state index in [1.165, 1.54) is 0 Å². The van der Waals surface area contributed by atoms with Gasteiger partial charge >= 0.3 is 0 Å². The van der Waals surface area contributed by atoms with Gasteiger partial charge in [0.1, 0.15) is 12.4 Å². The first-order valence-electron chi connectivity index (χ1n) is 5.23. The number of hydrogen-bond acceptors (Lipinski definition) is 3. The normalized spacial score (nSPS) is 14.6. The highest BCUT2D eigenvalue weighted by molar-refractivity contribution is 6.32. The molecule has 0 spiro atoms. The first-order chi connectivity index (χ1) is 7.48. The van der Waals surface area contributed by atoms with Gasteiger partial charge in [-0.25, -0.2) is 0 Å². The third kappa shape index (κ3) is 3.67. The molecule has 90 valence electrons. The molecule has 0 aromatic heterocycles. The van der Waals surface area contributed by atoms with Gasteiger partial charge in [-0.3, -0.25) is 0 Å². The molecule has 0 bridgehead atoms. The van der Waals surface area contributed by atoms with E-state index in [0.29, 0.717) is 17.2 Å². The molecule has 0 aliphatic heterocycles. The topological polar surface area (TPSA) is 49.7 Å². The number of aliphatic hydroxyl groups is 2. The van der Waals surface area contributed by atoms with Gasteiger partial charge < -0.3 is 14.9 Å². The Morgan fingerprint density at radius 1 is 1.44 bits per heavy atom. The summed E-state index contributed by atoms with van der Waals surface area (Å²) < 4.78 is 5.43. The summed E-state index contributed by atoms with van der Waals surface area (Å²) in [5.41, 5.74) is -0.112. The summed E-state index contributed by atoms with van der Waals surface area (Å²) in [7, 11) is 0. The molecule has 0 saturated heterocycles. The van der Waals surface area contributed by atoms with E-state index in [0.717, 1.165) is 5.56 Å². The second-order valence-electron chi connectivity index (χ2n) is 4.06. The van der Waals surface area contributed by atoms with Crippen LogP contribution in [-0.4, -0.2) is 22.4 Å². The summed E-state index contributed by atoms with van der Waals surface area (Å²) in [5.74, 6) is 0.521. The molecule has 0 amide bonds. The highest BCUT2D eigenvalue weighted by Crippen LogP contribution is 2.26. The molecule has 0 radical (unpaired) electrons. The van der Waals surface area contributed by atoms with E-state index in [1.54, 1.807) is 25.1 Å². The Kier molecular flexibility index (Phi) is 4.59. The van der Waals surface area contributed by atoms with Crippen LogP contribution in [0.25, 0.3) is 0 Å². The van der Waals surface area contributed by atoms with E-state index >= 15 is 0 Å². The van der Waals surface area contributed by atoms with Gasteiger partial charge in [0.15, 0.2) is 0 Å². The third-order valence-corrected chi connectivity index (χ3v) is 2.77. The molecule has 0 heterocycles. The number of halogens is 1. The molecule has 0 saturated carbocycles. The van der Waals surface area contributed by atoms with Gasteiger partial charge in [0.2, 0.25) is 0 Å². The average Bonchev–Trinajstić information content (AvgIpc) is 2.27. The van der Waals surface area contributed by atoms with Crippen molar-refractivity contribution in [3.63, 3.8) is 0 Å². The highest BCUT2D eigenvalue weighted by atomic mass is 35.5. The van der Waals surface area contributed by atoms with Crippen molar-refractivity contribution in [2.75, 3.05) is 6.61 Å². The largest absolute Gasteiger partial charge is 0.489 e. The first kappa shape index (κ1) is 13.3. The SMILES string of the molecule is CCC(C)(O)COc1ccc(CO)cc1Cl. The van der Waals surface area contributed by atoms with Crippen LogP contribution in [0.2, 0.25) is 5.02 Å². The van der Waals surface area contributed by atoms with Gasteiger partial charge in [-0.1, -0.05) is 24.6 Å². The van der Waals surface area contributed by atoms with Crippen LogP contribution in [0.5, 0.6) is 5.75 Å². The molecule has 4 heteroatoms. The molecular weight excluding hydrogens is 228 g/mol. The lowest BCUT2D eigenvalue weighted by Gasteiger charge is -2.21. The second kappa shape index (κ2) is 5.53. The molecule has 1 unspecified atom stereocenters. The number of benzene rings is 1. The summed E-state index contributed by atoms with van der Waals surface area (Å²) in [6.45, 7) is 3.75. The first-order valence-corrected chi connectivity index (χ1v) is 5.61. The smallest absolute Gasteiger partial charge is 0.138 e. The summed E-state index contributed by atoms with van der Waals surface area (Å²) in [6.07, 6.45) is 0.610. The number of aliphatic hydroxyl groups excluding tert-OH is 1. The van der Waals surface area contributed by atoms with Crippen molar-refractivity contribution in [1.82, 2.24) is 0 Å². The molecule has 1 rings (SSSR count). The fourth-order valence-corrected chi connectivity index (χ4v) is 1.35. The minimum absolute atomic E-state index is 0.0489. The molecule has 0 aliphatic carbocycles. The summed E-state index contributed by atoms with van der Waals surface area (Å²) in [5, 5.41) is 19.1. The van der Waals surface area contributed by atoms with Crippen molar-refractivity contribution in [1.29, 1.82) is 0 Å². The number of ether oxygens (including phenoxy) is 1. The lowest BCUT2D eigenvalue weighted by molar-refractivity contribution is 0.00849. The van der Waals surface area contributed by atoms with Crippen LogP contribution in [-0.2, 0) is 6.61 Å². The van der Waals surface area contributed by atoms with Crippen molar-refractivity contribution in [3.8, 4) is 5.75 Å². The Morgan fingerprint density at radius 3 is 2.62 bits per heavy atom. The zero-order chi connectivity index (χ0) is 12.2. The van der Waals surface area contributed by atoms with Crippen LogP contribution < -0.4 is 4.74 Å². The lowest BCUT2D eigenvalue weighted by Crippen LogP contribution is -2.31.